The van der Waals surface area contributed by atoms with Crippen molar-refractivity contribution in [3.05, 3.63) is 72.9 Å². The van der Waals surface area contributed by atoms with Gasteiger partial charge in [-0.1, -0.05) is 241 Å². The van der Waals surface area contributed by atoms with Crippen molar-refractivity contribution in [1.82, 2.24) is 5.32 Å². The van der Waals surface area contributed by atoms with Crippen LogP contribution in [0.3, 0.4) is 0 Å². The van der Waals surface area contributed by atoms with Crippen LogP contribution in [0.15, 0.2) is 72.9 Å². The van der Waals surface area contributed by atoms with Gasteiger partial charge >= 0.3 is 5.97 Å². The molecule has 3 atom stereocenters. The van der Waals surface area contributed by atoms with Crippen LogP contribution in [-0.2, 0) is 14.3 Å². The lowest BCUT2D eigenvalue weighted by molar-refractivity contribution is -0.151. The van der Waals surface area contributed by atoms with Crippen LogP contribution < -0.4 is 5.32 Å². The lowest BCUT2D eigenvalue weighted by Gasteiger charge is -2.24. The van der Waals surface area contributed by atoms with Crippen LogP contribution in [0.2, 0.25) is 0 Å². The summed E-state index contributed by atoms with van der Waals surface area (Å²) in [5.74, 6) is -0.517. The van der Waals surface area contributed by atoms with Crippen molar-refractivity contribution < 1.29 is 24.5 Å². The molecule has 0 bridgehead atoms. The minimum Gasteiger partial charge on any atom is -0.462 e. The van der Waals surface area contributed by atoms with E-state index in [1.165, 1.54) is 109 Å². The summed E-state index contributed by atoms with van der Waals surface area (Å²) >= 11 is 0. The Morgan fingerprint density at radius 1 is 0.460 bits per heavy atom. The van der Waals surface area contributed by atoms with Gasteiger partial charge in [0.15, 0.2) is 0 Å². The fraction of sp³-hybridized carbons (Fsp3) is 0.754. The van der Waals surface area contributed by atoms with Crippen LogP contribution in [0.4, 0.5) is 0 Å². The molecule has 0 spiro atoms. The highest BCUT2D eigenvalue weighted by Gasteiger charge is 2.24. The molecule has 0 aromatic heterocycles. The van der Waals surface area contributed by atoms with Crippen LogP contribution in [0.5, 0.6) is 0 Å². The molecule has 0 aromatic rings. The predicted octanol–water partition coefficient (Wildman–Crippen LogP) is 16.2. The Morgan fingerprint density at radius 2 is 0.857 bits per heavy atom. The highest BCUT2D eigenvalue weighted by molar-refractivity contribution is 5.77. The molecule has 63 heavy (non-hydrogen) atoms. The van der Waals surface area contributed by atoms with E-state index in [9.17, 15) is 19.8 Å². The number of aliphatic hydroxyl groups excluding tert-OH is 2. The third-order valence-corrected chi connectivity index (χ3v) is 11.9. The zero-order valence-corrected chi connectivity index (χ0v) is 41.4. The summed E-state index contributed by atoms with van der Waals surface area (Å²) in [7, 11) is 0. The zero-order chi connectivity index (χ0) is 45.9. The Labute approximate surface area is 390 Å². The van der Waals surface area contributed by atoms with Crippen molar-refractivity contribution in [2.75, 3.05) is 6.61 Å². The number of amides is 1. The summed E-state index contributed by atoms with van der Waals surface area (Å²) in [4.78, 5) is 26.2. The van der Waals surface area contributed by atoms with E-state index in [0.29, 0.717) is 19.3 Å². The van der Waals surface area contributed by atoms with E-state index in [1.54, 1.807) is 0 Å². The average molecular weight is 880 g/mol. The van der Waals surface area contributed by atoms with Crippen molar-refractivity contribution >= 4 is 11.9 Å². The van der Waals surface area contributed by atoms with Gasteiger partial charge in [-0.05, 0) is 70.6 Å². The molecule has 1 amide bonds. The van der Waals surface area contributed by atoms with Crippen molar-refractivity contribution in [1.29, 1.82) is 0 Å². The first-order chi connectivity index (χ1) is 31.0. The predicted molar refractivity (Wildman–Crippen MR) is 273 cm³/mol. The lowest BCUT2D eigenvalue weighted by atomic mass is 10.0. The van der Waals surface area contributed by atoms with Crippen LogP contribution in [0.1, 0.15) is 252 Å². The standard InChI is InChI=1S/C57H101NO5/c1-4-7-10-13-16-19-22-24-26-28-29-31-33-35-38-41-44-47-50-57(62)63-53(48-45-42-39-36-34-32-30-27-25-23-20-17-14-11-8-5-2)51-56(61)58-54(52-59)55(60)49-46-43-40-37-21-18-15-12-9-6-3/h10,13,16,19,22,24,26,28-29,31-32,34,53-55,59-60H,4-9,11-12,14-15,17-18,20-21,23,25,27,30,33,35-52H2,1-3H3,(H,58,61)/b13-10+,19-16+,24-22+,28-26+,31-29+,34-32+. The average Bonchev–Trinajstić information content (AvgIpc) is 3.28. The van der Waals surface area contributed by atoms with Gasteiger partial charge in [0.25, 0.3) is 0 Å². The third-order valence-electron chi connectivity index (χ3n) is 11.9. The van der Waals surface area contributed by atoms with E-state index in [2.05, 4.69) is 74.7 Å². The fourth-order valence-electron chi connectivity index (χ4n) is 7.81. The molecular formula is C57H101NO5. The van der Waals surface area contributed by atoms with E-state index in [1.807, 2.05) is 24.3 Å². The van der Waals surface area contributed by atoms with Gasteiger partial charge in [-0.3, -0.25) is 9.59 Å². The largest absolute Gasteiger partial charge is 0.462 e. The van der Waals surface area contributed by atoms with Gasteiger partial charge in [-0.25, -0.2) is 0 Å². The maximum absolute atomic E-state index is 13.2. The Morgan fingerprint density at radius 3 is 1.35 bits per heavy atom. The molecule has 6 heteroatoms. The normalized spacial score (nSPS) is 13.8. The quantitative estimate of drug-likeness (QED) is 0.0245. The summed E-state index contributed by atoms with van der Waals surface area (Å²) in [6, 6.07) is -0.714. The number of hydrogen-bond acceptors (Lipinski definition) is 5. The number of esters is 1. The maximum atomic E-state index is 13.2. The monoisotopic (exact) mass is 880 g/mol. The number of hydrogen-bond donors (Lipinski definition) is 3. The van der Waals surface area contributed by atoms with Crippen molar-refractivity contribution in [2.45, 2.75) is 270 Å². The first-order valence-corrected chi connectivity index (χ1v) is 26.7. The van der Waals surface area contributed by atoms with Crippen LogP contribution in [-0.4, -0.2) is 46.9 Å². The van der Waals surface area contributed by atoms with Crippen LogP contribution >= 0.6 is 0 Å². The second-order valence-electron chi connectivity index (χ2n) is 18.0. The van der Waals surface area contributed by atoms with Crippen LogP contribution in [0.25, 0.3) is 0 Å². The Hall–Kier alpha value is -2.70. The zero-order valence-electron chi connectivity index (χ0n) is 41.4. The minimum atomic E-state index is -0.798. The number of rotatable bonds is 47. The van der Waals surface area contributed by atoms with E-state index < -0.39 is 18.2 Å². The van der Waals surface area contributed by atoms with Crippen LogP contribution in [0, 0.1) is 0 Å². The molecule has 0 heterocycles. The third kappa shape index (κ3) is 45.7. The molecule has 3 unspecified atom stereocenters. The Balaban J connectivity index is 4.66. The molecule has 3 N–H and O–H groups in total. The summed E-state index contributed by atoms with van der Waals surface area (Å²) in [5.41, 5.74) is 0. The van der Waals surface area contributed by atoms with Crippen molar-refractivity contribution in [3.8, 4) is 0 Å². The van der Waals surface area contributed by atoms with Gasteiger partial charge in [-0.2, -0.15) is 0 Å². The number of allylic oxidation sites excluding steroid dienone is 12. The van der Waals surface area contributed by atoms with Gasteiger partial charge in [0.05, 0.1) is 25.2 Å². The van der Waals surface area contributed by atoms with Gasteiger partial charge in [0.1, 0.15) is 6.10 Å². The molecule has 364 valence electrons. The number of carbonyl (C=O) groups excluding carboxylic acids is 2. The van der Waals surface area contributed by atoms with Crippen molar-refractivity contribution in [2.24, 2.45) is 0 Å². The van der Waals surface area contributed by atoms with E-state index in [-0.39, 0.29) is 24.9 Å². The van der Waals surface area contributed by atoms with Gasteiger partial charge < -0.3 is 20.3 Å². The summed E-state index contributed by atoms with van der Waals surface area (Å²) < 4.78 is 5.93. The van der Waals surface area contributed by atoms with Gasteiger partial charge in [-0.15, -0.1) is 0 Å². The molecule has 0 fully saturated rings. The fourth-order valence-corrected chi connectivity index (χ4v) is 7.81. The SMILES string of the molecule is CCC/C=C/C=C/C=C/C=C/C=C/CCCCCCCC(=O)OC(CCCCC/C=C/CCCCCCCCCCC)CC(=O)NC(CO)C(O)CCCCCCCCCCCC. The molecule has 0 radical (unpaired) electrons. The van der Waals surface area contributed by atoms with E-state index >= 15 is 0 Å². The van der Waals surface area contributed by atoms with Gasteiger partial charge in [0.2, 0.25) is 5.91 Å². The molecule has 0 aliphatic carbocycles. The second kappa shape index (κ2) is 50.3. The topological polar surface area (TPSA) is 95.9 Å². The number of nitrogens with one attached hydrogen (secondary N) is 1. The summed E-state index contributed by atoms with van der Waals surface area (Å²) in [5, 5.41) is 23.7. The highest BCUT2D eigenvalue weighted by Crippen LogP contribution is 2.17. The second-order valence-corrected chi connectivity index (χ2v) is 18.0. The molecule has 6 nitrogen and oxygen atoms in total. The van der Waals surface area contributed by atoms with E-state index in [4.69, 9.17) is 4.74 Å². The Bertz CT molecular complexity index is 1170. The summed E-state index contributed by atoms with van der Waals surface area (Å²) in [6.07, 6.45) is 63.8. The minimum absolute atomic E-state index is 0.0542. The number of ether oxygens (including phenoxy) is 1. The first kappa shape index (κ1) is 60.3. The molecule has 0 aromatic carbocycles. The molecule has 0 saturated heterocycles. The number of carbonyl (C=O) groups is 2. The van der Waals surface area contributed by atoms with E-state index in [0.717, 1.165) is 96.3 Å². The molecule has 0 saturated carbocycles. The highest BCUT2D eigenvalue weighted by atomic mass is 16.5. The first-order valence-electron chi connectivity index (χ1n) is 26.7. The molecular weight excluding hydrogens is 779 g/mol. The molecule has 0 aliphatic rings. The molecule has 0 rings (SSSR count). The van der Waals surface area contributed by atoms with Gasteiger partial charge in [0, 0.05) is 6.42 Å². The van der Waals surface area contributed by atoms with Crippen molar-refractivity contribution in [3.63, 3.8) is 0 Å². The Kier molecular flexibility index (Phi) is 48.1. The maximum Gasteiger partial charge on any atom is 0.306 e. The number of aliphatic hydroxyl groups is 2. The lowest BCUT2D eigenvalue weighted by Crippen LogP contribution is -2.46. The summed E-state index contributed by atoms with van der Waals surface area (Å²) in [6.45, 7) is 6.38. The number of unbranched alkanes of at least 4 members (excludes halogenated alkanes) is 27. The molecule has 0 aliphatic heterocycles. The smallest absolute Gasteiger partial charge is 0.306 e.